The largest absolute Gasteiger partial charge is 0.373 e. The molecule has 18 heavy (non-hydrogen) atoms. The number of thiazole rings is 1. The molecule has 102 valence electrons. The molecule has 2 N–H and O–H groups in total. The van der Waals surface area contributed by atoms with Crippen LogP contribution < -0.4 is 5.73 Å². The fourth-order valence-corrected chi connectivity index (χ4v) is 3.39. The van der Waals surface area contributed by atoms with Crippen LogP contribution in [0.15, 0.2) is 5.38 Å². The number of aryl methyl sites for hydroxylation is 1. The highest BCUT2D eigenvalue weighted by atomic mass is 32.1. The minimum Gasteiger partial charge on any atom is -0.373 e. The van der Waals surface area contributed by atoms with Gasteiger partial charge in [0, 0.05) is 10.9 Å². The van der Waals surface area contributed by atoms with Crippen LogP contribution in [0, 0.1) is 0 Å². The molecule has 1 heterocycles. The molecule has 1 aromatic rings. The number of hydrogen-bond acceptors (Lipinski definition) is 4. The van der Waals surface area contributed by atoms with E-state index in [2.05, 4.69) is 17.3 Å². The fraction of sp³-hybridized carbons (Fsp3) is 0.786. The highest BCUT2D eigenvalue weighted by molar-refractivity contribution is 7.09. The predicted molar refractivity (Wildman–Crippen MR) is 75.8 cm³/mol. The molecule has 0 amide bonds. The van der Waals surface area contributed by atoms with Crippen molar-refractivity contribution >= 4 is 11.3 Å². The molecule has 1 saturated carbocycles. The number of ether oxygens (including phenoxy) is 1. The first-order valence-electron chi connectivity index (χ1n) is 7.02. The Bertz CT molecular complexity index is 358. The van der Waals surface area contributed by atoms with Gasteiger partial charge in [-0.1, -0.05) is 26.2 Å². The lowest BCUT2D eigenvalue weighted by Crippen LogP contribution is -2.46. The quantitative estimate of drug-likeness (QED) is 0.861. The highest BCUT2D eigenvalue weighted by Crippen LogP contribution is 2.26. The summed E-state index contributed by atoms with van der Waals surface area (Å²) in [5.41, 5.74) is 7.31. The third-order valence-electron chi connectivity index (χ3n) is 3.55. The van der Waals surface area contributed by atoms with Crippen LogP contribution in [0.4, 0.5) is 0 Å². The maximum absolute atomic E-state index is 6.33. The molecule has 0 unspecified atom stereocenters. The van der Waals surface area contributed by atoms with E-state index in [1.807, 2.05) is 0 Å². The second kappa shape index (κ2) is 6.64. The Kier molecular flexibility index (Phi) is 5.15. The molecule has 0 saturated heterocycles. The summed E-state index contributed by atoms with van der Waals surface area (Å²) in [7, 11) is 0. The van der Waals surface area contributed by atoms with Crippen molar-refractivity contribution < 1.29 is 4.74 Å². The zero-order valence-corrected chi connectivity index (χ0v) is 12.1. The summed E-state index contributed by atoms with van der Waals surface area (Å²) in [4.78, 5) is 4.56. The molecule has 1 aromatic heterocycles. The molecule has 0 spiro atoms. The van der Waals surface area contributed by atoms with E-state index in [-0.39, 0.29) is 5.54 Å². The van der Waals surface area contributed by atoms with Gasteiger partial charge in [-0.15, -0.1) is 11.3 Å². The van der Waals surface area contributed by atoms with Crippen molar-refractivity contribution in [1.29, 1.82) is 0 Å². The van der Waals surface area contributed by atoms with Crippen molar-refractivity contribution in [2.24, 2.45) is 5.73 Å². The van der Waals surface area contributed by atoms with Crippen LogP contribution in [0.25, 0.3) is 0 Å². The molecule has 2 rings (SSSR count). The van der Waals surface area contributed by atoms with Crippen LogP contribution >= 0.6 is 11.3 Å². The zero-order chi connectivity index (χ0) is 12.8. The second-order valence-electron chi connectivity index (χ2n) is 5.40. The van der Waals surface area contributed by atoms with Gasteiger partial charge in [0.05, 0.1) is 23.9 Å². The van der Waals surface area contributed by atoms with Gasteiger partial charge in [-0.3, -0.25) is 0 Å². The zero-order valence-electron chi connectivity index (χ0n) is 11.3. The Morgan fingerprint density at radius 1 is 1.39 bits per heavy atom. The third kappa shape index (κ3) is 4.04. The van der Waals surface area contributed by atoms with E-state index < -0.39 is 0 Å². The summed E-state index contributed by atoms with van der Waals surface area (Å²) < 4.78 is 5.77. The average Bonchev–Trinajstić information content (AvgIpc) is 2.78. The first-order valence-corrected chi connectivity index (χ1v) is 7.90. The summed E-state index contributed by atoms with van der Waals surface area (Å²) in [6.45, 7) is 3.46. The monoisotopic (exact) mass is 268 g/mol. The van der Waals surface area contributed by atoms with Crippen molar-refractivity contribution in [3.05, 3.63) is 16.1 Å². The van der Waals surface area contributed by atoms with Crippen molar-refractivity contribution in [2.45, 2.75) is 64.0 Å². The van der Waals surface area contributed by atoms with Gasteiger partial charge in [-0.25, -0.2) is 4.98 Å². The lowest BCUT2D eigenvalue weighted by molar-refractivity contribution is 0.0560. The smallest absolute Gasteiger partial charge is 0.0929 e. The minimum absolute atomic E-state index is 0.0828. The molecule has 0 aliphatic heterocycles. The lowest BCUT2D eigenvalue weighted by atomic mass is 9.83. The van der Waals surface area contributed by atoms with Crippen molar-refractivity contribution in [1.82, 2.24) is 4.98 Å². The number of rotatable bonds is 6. The summed E-state index contributed by atoms with van der Waals surface area (Å²) in [6, 6.07) is 0. The minimum atomic E-state index is -0.0828. The standard InChI is InChI=1S/C14H24N2OS/c1-2-6-13-16-12(10-18-13)9-17-11-14(15)7-4-3-5-8-14/h10H,2-9,11,15H2,1H3. The Labute approximate surface area is 114 Å². The third-order valence-corrected chi connectivity index (χ3v) is 4.51. The molecule has 4 heteroatoms. The van der Waals surface area contributed by atoms with E-state index in [9.17, 15) is 0 Å². The van der Waals surface area contributed by atoms with Gasteiger partial charge in [0.25, 0.3) is 0 Å². The van der Waals surface area contributed by atoms with Crippen LogP contribution in [0.3, 0.4) is 0 Å². The van der Waals surface area contributed by atoms with Crippen LogP contribution in [-0.4, -0.2) is 17.1 Å². The van der Waals surface area contributed by atoms with Gasteiger partial charge < -0.3 is 10.5 Å². The van der Waals surface area contributed by atoms with Crippen molar-refractivity contribution in [3.63, 3.8) is 0 Å². The Hall–Kier alpha value is -0.450. The normalized spacial score (nSPS) is 19.0. The molecule has 3 nitrogen and oxygen atoms in total. The topological polar surface area (TPSA) is 48.1 Å². The maximum Gasteiger partial charge on any atom is 0.0929 e. The van der Waals surface area contributed by atoms with Crippen molar-refractivity contribution in [3.8, 4) is 0 Å². The Morgan fingerprint density at radius 2 is 2.17 bits per heavy atom. The van der Waals surface area contributed by atoms with Crippen LogP contribution in [0.2, 0.25) is 0 Å². The average molecular weight is 268 g/mol. The first kappa shape index (κ1) is 14.0. The van der Waals surface area contributed by atoms with Gasteiger partial charge >= 0.3 is 0 Å². The molecular weight excluding hydrogens is 244 g/mol. The van der Waals surface area contributed by atoms with E-state index in [0.29, 0.717) is 13.2 Å². The van der Waals surface area contributed by atoms with Gasteiger partial charge in [0.1, 0.15) is 0 Å². The number of nitrogens with two attached hydrogens (primary N) is 1. The number of aromatic nitrogens is 1. The molecule has 0 bridgehead atoms. The van der Waals surface area contributed by atoms with E-state index in [4.69, 9.17) is 10.5 Å². The molecular formula is C14H24N2OS. The molecule has 0 aromatic carbocycles. The fourth-order valence-electron chi connectivity index (χ4n) is 2.50. The van der Waals surface area contributed by atoms with Crippen molar-refractivity contribution in [2.75, 3.05) is 6.61 Å². The maximum atomic E-state index is 6.33. The first-order chi connectivity index (χ1) is 8.72. The van der Waals surface area contributed by atoms with Gasteiger partial charge in [0.2, 0.25) is 0 Å². The summed E-state index contributed by atoms with van der Waals surface area (Å²) in [5.74, 6) is 0. The Morgan fingerprint density at radius 3 is 2.89 bits per heavy atom. The second-order valence-corrected chi connectivity index (χ2v) is 6.34. The molecule has 1 aliphatic rings. The van der Waals surface area contributed by atoms with Gasteiger partial charge in [-0.2, -0.15) is 0 Å². The van der Waals surface area contributed by atoms with Gasteiger partial charge in [-0.05, 0) is 25.7 Å². The highest BCUT2D eigenvalue weighted by Gasteiger charge is 2.27. The molecule has 1 fully saturated rings. The SMILES string of the molecule is CCCc1nc(COCC2(N)CCCCC2)cs1. The number of nitrogens with zero attached hydrogens (tertiary/aromatic N) is 1. The number of hydrogen-bond donors (Lipinski definition) is 1. The molecule has 0 radical (unpaired) electrons. The Balaban J connectivity index is 1.73. The van der Waals surface area contributed by atoms with E-state index >= 15 is 0 Å². The van der Waals surface area contributed by atoms with Gasteiger partial charge in [0.15, 0.2) is 0 Å². The predicted octanol–water partition coefficient (Wildman–Crippen LogP) is 3.27. The van der Waals surface area contributed by atoms with E-state index in [0.717, 1.165) is 31.4 Å². The van der Waals surface area contributed by atoms with Crippen LogP contribution in [0.1, 0.15) is 56.2 Å². The summed E-state index contributed by atoms with van der Waals surface area (Å²) in [5, 5.41) is 3.32. The van der Waals surface area contributed by atoms with E-state index in [1.165, 1.54) is 24.3 Å². The van der Waals surface area contributed by atoms with Crippen LogP contribution in [-0.2, 0) is 17.8 Å². The summed E-state index contributed by atoms with van der Waals surface area (Å²) >= 11 is 1.74. The van der Waals surface area contributed by atoms with Crippen LogP contribution in [0.5, 0.6) is 0 Å². The van der Waals surface area contributed by atoms with E-state index in [1.54, 1.807) is 11.3 Å². The molecule has 0 atom stereocenters. The summed E-state index contributed by atoms with van der Waals surface area (Å²) in [6.07, 6.45) is 8.25. The molecule has 1 aliphatic carbocycles. The lowest BCUT2D eigenvalue weighted by Gasteiger charge is -2.32.